The van der Waals surface area contributed by atoms with Crippen molar-refractivity contribution in [2.45, 2.75) is 24.9 Å². The maximum absolute atomic E-state index is 12.7. The fourth-order valence-corrected chi connectivity index (χ4v) is 4.29. The summed E-state index contributed by atoms with van der Waals surface area (Å²) in [5, 5.41) is 0. The molecule has 30 heavy (non-hydrogen) atoms. The number of ether oxygens (including phenoxy) is 3. The van der Waals surface area contributed by atoms with E-state index in [1.165, 1.54) is 0 Å². The van der Waals surface area contributed by atoms with Crippen LogP contribution in [0.25, 0.3) is 6.08 Å². The lowest BCUT2D eigenvalue weighted by Gasteiger charge is -2.43. The molecule has 0 aliphatic carbocycles. The molecule has 0 aromatic heterocycles. The highest BCUT2D eigenvalue weighted by atomic mass is 16.6. The molecule has 0 unspecified atom stereocenters. The number of carbonyl (C=O) groups is 2. The minimum atomic E-state index is -0.498. The number of Topliss-reactive ketones (excluding diaryl/α,β-unsaturated/α-hetero) is 1. The Hall–Kier alpha value is -3.28. The monoisotopic (exact) mass is 405 g/mol. The number of likely N-dealkylation sites (tertiary alicyclic amines) is 1. The molecule has 5 rings (SSSR count). The van der Waals surface area contributed by atoms with Crippen molar-refractivity contribution in [3.63, 3.8) is 0 Å². The number of hydrogen-bond donors (Lipinski definition) is 0. The summed E-state index contributed by atoms with van der Waals surface area (Å²) in [6, 6.07) is 13.0. The van der Waals surface area contributed by atoms with Crippen LogP contribution in [0, 0.1) is 0 Å². The number of nitrogens with zero attached hydrogens (tertiary/aromatic N) is 1. The van der Waals surface area contributed by atoms with Gasteiger partial charge in [0, 0.05) is 32.0 Å². The molecule has 0 radical (unpaired) electrons. The van der Waals surface area contributed by atoms with Gasteiger partial charge >= 0.3 is 0 Å². The van der Waals surface area contributed by atoms with Gasteiger partial charge in [-0.3, -0.25) is 9.59 Å². The van der Waals surface area contributed by atoms with E-state index >= 15 is 0 Å². The van der Waals surface area contributed by atoms with E-state index < -0.39 is 5.60 Å². The molecule has 0 bridgehead atoms. The molecule has 154 valence electrons. The van der Waals surface area contributed by atoms with Gasteiger partial charge in [0.2, 0.25) is 5.91 Å². The zero-order chi connectivity index (χ0) is 20.6. The molecule has 3 aliphatic heterocycles. The zero-order valence-corrected chi connectivity index (χ0v) is 16.6. The molecule has 1 spiro atoms. The van der Waals surface area contributed by atoms with Gasteiger partial charge in [0.1, 0.15) is 24.6 Å². The highest BCUT2D eigenvalue weighted by molar-refractivity contribution is 6.00. The van der Waals surface area contributed by atoms with E-state index in [0.29, 0.717) is 62.6 Å². The van der Waals surface area contributed by atoms with Crippen LogP contribution in [0.5, 0.6) is 17.2 Å². The van der Waals surface area contributed by atoms with Crippen LogP contribution in [0.3, 0.4) is 0 Å². The molecular weight excluding hydrogens is 382 g/mol. The molecule has 2 aromatic carbocycles. The molecule has 0 N–H and O–H groups in total. The Balaban J connectivity index is 1.22. The maximum Gasteiger partial charge on any atom is 0.246 e. The smallest absolute Gasteiger partial charge is 0.246 e. The third-order valence-electron chi connectivity index (χ3n) is 5.97. The van der Waals surface area contributed by atoms with Gasteiger partial charge in [0.05, 0.1) is 12.0 Å². The Labute approximate surface area is 175 Å². The van der Waals surface area contributed by atoms with Crippen molar-refractivity contribution >= 4 is 17.8 Å². The summed E-state index contributed by atoms with van der Waals surface area (Å²) >= 11 is 0. The summed E-state index contributed by atoms with van der Waals surface area (Å²) in [6.07, 6.45) is 5.06. The fourth-order valence-electron chi connectivity index (χ4n) is 4.29. The molecule has 3 aliphatic rings. The largest absolute Gasteiger partial charge is 0.486 e. The number of para-hydroxylation sites is 1. The molecule has 1 amide bonds. The first kappa shape index (κ1) is 18.7. The third-order valence-corrected chi connectivity index (χ3v) is 5.97. The summed E-state index contributed by atoms with van der Waals surface area (Å²) in [6.45, 7) is 2.22. The molecule has 6 nitrogen and oxygen atoms in total. The zero-order valence-electron chi connectivity index (χ0n) is 16.6. The fraction of sp³-hybridized carbons (Fsp3) is 0.333. The van der Waals surface area contributed by atoms with Crippen molar-refractivity contribution in [1.82, 2.24) is 4.90 Å². The molecule has 0 atom stereocenters. The minimum Gasteiger partial charge on any atom is -0.486 e. The molecule has 6 heteroatoms. The van der Waals surface area contributed by atoms with Crippen molar-refractivity contribution in [3.8, 4) is 17.2 Å². The van der Waals surface area contributed by atoms with Crippen LogP contribution < -0.4 is 14.2 Å². The second-order valence-corrected chi connectivity index (χ2v) is 7.94. The Morgan fingerprint density at radius 2 is 1.73 bits per heavy atom. The summed E-state index contributed by atoms with van der Waals surface area (Å²) in [5.74, 6) is 2.18. The average molecular weight is 405 g/mol. The standard InChI is InChI=1S/C24H23NO5/c26-19-16-24(30-20-4-2-1-3-18(19)20)9-11-25(12-10-24)23(27)8-6-17-5-7-21-22(15-17)29-14-13-28-21/h1-8,15H,9-14,16H2/b8-6-. The van der Waals surface area contributed by atoms with Crippen molar-refractivity contribution in [2.24, 2.45) is 0 Å². The topological polar surface area (TPSA) is 65.1 Å². The first-order chi connectivity index (χ1) is 14.6. The van der Waals surface area contributed by atoms with Gasteiger partial charge in [-0.15, -0.1) is 0 Å². The predicted molar refractivity (Wildman–Crippen MR) is 111 cm³/mol. The van der Waals surface area contributed by atoms with Crippen molar-refractivity contribution in [2.75, 3.05) is 26.3 Å². The Morgan fingerprint density at radius 1 is 0.967 bits per heavy atom. The Morgan fingerprint density at radius 3 is 2.57 bits per heavy atom. The number of benzene rings is 2. The quantitative estimate of drug-likeness (QED) is 0.716. The first-order valence-corrected chi connectivity index (χ1v) is 10.3. The SMILES string of the molecule is O=C1CC2(CCN(C(=O)/C=C\c3ccc4c(c3)OCCO4)CC2)Oc2ccccc21. The van der Waals surface area contributed by atoms with Crippen LogP contribution in [0.2, 0.25) is 0 Å². The Kier molecular flexibility index (Phi) is 4.69. The normalized spacial score (nSPS) is 19.5. The van der Waals surface area contributed by atoms with E-state index in [9.17, 15) is 9.59 Å². The van der Waals surface area contributed by atoms with Crippen LogP contribution >= 0.6 is 0 Å². The average Bonchev–Trinajstić information content (AvgIpc) is 2.78. The summed E-state index contributed by atoms with van der Waals surface area (Å²) in [5.41, 5.74) is 1.05. The lowest BCUT2D eigenvalue weighted by molar-refractivity contribution is -0.129. The molecule has 0 saturated carbocycles. The number of amides is 1. The third kappa shape index (κ3) is 3.54. The summed E-state index contributed by atoms with van der Waals surface area (Å²) in [7, 11) is 0. The van der Waals surface area contributed by atoms with Crippen molar-refractivity contribution in [1.29, 1.82) is 0 Å². The van der Waals surface area contributed by atoms with Crippen LogP contribution in [0.4, 0.5) is 0 Å². The van der Waals surface area contributed by atoms with Gasteiger partial charge in [-0.1, -0.05) is 18.2 Å². The predicted octanol–water partition coefficient (Wildman–Crippen LogP) is 3.50. The second kappa shape index (κ2) is 7.52. The van der Waals surface area contributed by atoms with Gasteiger partial charge in [0.15, 0.2) is 17.3 Å². The van der Waals surface area contributed by atoms with E-state index in [1.807, 2.05) is 47.4 Å². The van der Waals surface area contributed by atoms with Gasteiger partial charge in [0.25, 0.3) is 0 Å². The molecule has 2 aromatic rings. The molecule has 3 heterocycles. The molecule has 1 fully saturated rings. The van der Waals surface area contributed by atoms with Crippen molar-refractivity contribution < 1.29 is 23.8 Å². The first-order valence-electron chi connectivity index (χ1n) is 10.3. The van der Waals surface area contributed by atoms with E-state index in [4.69, 9.17) is 14.2 Å². The molecule has 1 saturated heterocycles. The Bertz CT molecular complexity index is 1020. The van der Waals surface area contributed by atoms with Crippen LogP contribution in [-0.2, 0) is 4.79 Å². The van der Waals surface area contributed by atoms with E-state index in [-0.39, 0.29) is 11.7 Å². The maximum atomic E-state index is 12.7. The van der Waals surface area contributed by atoms with Crippen LogP contribution in [-0.4, -0.2) is 48.5 Å². The van der Waals surface area contributed by atoms with E-state index in [1.54, 1.807) is 12.2 Å². The lowest BCUT2D eigenvalue weighted by Crippen LogP contribution is -2.52. The summed E-state index contributed by atoms with van der Waals surface area (Å²) in [4.78, 5) is 27.0. The molecular formula is C24H23NO5. The van der Waals surface area contributed by atoms with Gasteiger partial charge in [-0.05, 0) is 35.9 Å². The van der Waals surface area contributed by atoms with Gasteiger partial charge in [-0.25, -0.2) is 0 Å². The minimum absolute atomic E-state index is 0.0396. The van der Waals surface area contributed by atoms with Crippen LogP contribution in [0.15, 0.2) is 48.5 Å². The van der Waals surface area contributed by atoms with Gasteiger partial charge in [-0.2, -0.15) is 0 Å². The highest BCUT2D eigenvalue weighted by Crippen LogP contribution is 2.39. The van der Waals surface area contributed by atoms with E-state index in [2.05, 4.69) is 0 Å². The van der Waals surface area contributed by atoms with E-state index in [0.717, 1.165) is 11.3 Å². The van der Waals surface area contributed by atoms with Gasteiger partial charge < -0.3 is 19.1 Å². The number of piperidine rings is 1. The number of carbonyl (C=O) groups excluding carboxylic acids is 2. The van der Waals surface area contributed by atoms with Crippen molar-refractivity contribution in [3.05, 3.63) is 59.7 Å². The highest BCUT2D eigenvalue weighted by Gasteiger charge is 2.43. The lowest BCUT2D eigenvalue weighted by atomic mass is 9.82. The number of fused-ring (bicyclic) bond motifs is 2. The van der Waals surface area contributed by atoms with Crippen LogP contribution in [0.1, 0.15) is 35.2 Å². The summed E-state index contributed by atoms with van der Waals surface area (Å²) < 4.78 is 17.4. The number of ketones is 1. The second-order valence-electron chi connectivity index (χ2n) is 7.94. The number of rotatable bonds is 2. The number of hydrogen-bond acceptors (Lipinski definition) is 5.